The smallest absolute Gasteiger partial charge is 0.274 e. The Balaban J connectivity index is 1.53. The summed E-state index contributed by atoms with van der Waals surface area (Å²) in [6, 6.07) is 17.9. The largest absolute Gasteiger partial charge is 0.320 e. The molecule has 2 aromatic carbocycles. The summed E-state index contributed by atoms with van der Waals surface area (Å²) in [7, 11) is 0. The molecule has 0 spiro atoms. The zero-order valence-corrected chi connectivity index (χ0v) is 16.1. The number of anilines is 2. The first-order valence-electron chi connectivity index (χ1n) is 9.31. The van der Waals surface area contributed by atoms with E-state index >= 15 is 0 Å². The van der Waals surface area contributed by atoms with Crippen LogP contribution in [-0.2, 0) is 0 Å². The van der Waals surface area contributed by atoms with Gasteiger partial charge in [-0.2, -0.15) is 0 Å². The van der Waals surface area contributed by atoms with E-state index in [9.17, 15) is 14.0 Å². The molecule has 2 aromatic heterocycles. The molecule has 0 atom stereocenters. The Morgan fingerprint density at radius 2 is 1.45 bits per heavy atom. The number of rotatable bonds is 5. The molecule has 0 aliphatic rings. The van der Waals surface area contributed by atoms with E-state index < -0.39 is 17.6 Å². The van der Waals surface area contributed by atoms with Crippen molar-refractivity contribution >= 4 is 23.2 Å². The number of hydrogen-bond donors (Lipinski definition) is 2. The second kappa shape index (κ2) is 8.91. The van der Waals surface area contributed by atoms with Gasteiger partial charge in [-0.05, 0) is 30.3 Å². The second-order valence-electron chi connectivity index (χ2n) is 6.47. The Morgan fingerprint density at radius 1 is 0.742 bits per heavy atom. The quantitative estimate of drug-likeness (QED) is 0.512. The van der Waals surface area contributed by atoms with Gasteiger partial charge < -0.3 is 10.6 Å². The number of benzene rings is 2. The molecule has 2 amide bonds. The zero-order valence-electron chi connectivity index (χ0n) is 16.1. The summed E-state index contributed by atoms with van der Waals surface area (Å²) in [5, 5.41) is 5.22. The summed E-state index contributed by atoms with van der Waals surface area (Å²) in [5.74, 6) is -1.12. The Kier molecular flexibility index (Phi) is 5.70. The maximum absolute atomic E-state index is 13.8. The molecule has 4 aromatic rings. The van der Waals surface area contributed by atoms with Crippen molar-refractivity contribution in [2.75, 3.05) is 10.6 Å². The van der Waals surface area contributed by atoms with Crippen molar-refractivity contribution in [3.63, 3.8) is 0 Å². The molecule has 2 N–H and O–H groups in total. The average Bonchev–Trinajstić information content (AvgIpc) is 2.82. The third-order valence-electron chi connectivity index (χ3n) is 4.32. The van der Waals surface area contributed by atoms with Crippen LogP contribution in [0.4, 0.5) is 15.8 Å². The lowest BCUT2D eigenvalue weighted by atomic mass is 10.2. The fraction of sp³-hybridized carbons (Fsp3) is 0. The van der Waals surface area contributed by atoms with E-state index in [4.69, 9.17) is 0 Å². The van der Waals surface area contributed by atoms with Gasteiger partial charge in [0, 0.05) is 24.2 Å². The maximum Gasteiger partial charge on any atom is 0.274 e. The highest BCUT2D eigenvalue weighted by Crippen LogP contribution is 2.24. The van der Waals surface area contributed by atoms with Crippen LogP contribution in [-0.4, -0.2) is 26.8 Å². The Morgan fingerprint density at radius 3 is 2.16 bits per heavy atom. The van der Waals surface area contributed by atoms with Crippen molar-refractivity contribution in [1.29, 1.82) is 0 Å². The first kappa shape index (κ1) is 19.8. The molecule has 4 rings (SSSR count). The summed E-state index contributed by atoms with van der Waals surface area (Å²) in [4.78, 5) is 37.4. The molecule has 0 aliphatic carbocycles. The number of carbonyl (C=O) groups is 2. The van der Waals surface area contributed by atoms with Crippen molar-refractivity contribution in [2.45, 2.75) is 0 Å². The van der Waals surface area contributed by atoms with Crippen molar-refractivity contribution in [2.24, 2.45) is 0 Å². The van der Waals surface area contributed by atoms with Gasteiger partial charge in [-0.3, -0.25) is 14.6 Å². The van der Waals surface area contributed by atoms with Crippen LogP contribution in [0.25, 0.3) is 11.4 Å². The van der Waals surface area contributed by atoms with Gasteiger partial charge in [0.25, 0.3) is 11.8 Å². The summed E-state index contributed by atoms with van der Waals surface area (Å²) in [6.07, 6.45) is 4.26. The summed E-state index contributed by atoms with van der Waals surface area (Å²) < 4.78 is 13.8. The lowest BCUT2D eigenvalue weighted by Crippen LogP contribution is -2.18. The number of halogens is 1. The molecule has 0 radical (unpaired) electrons. The summed E-state index contributed by atoms with van der Waals surface area (Å²) >= 11 is 0. The highest BCUT2D eigenvalue weighted by molar-refractivity contribution is 6.09. The molecule has 0 fully saturated rings. The summed E-state index contributed by atoms with van der Waals surface area (Å²) in [5.41, 5.74) is 1.52. The van der Waals surface area contributed by atoms with E-state index in [2.05, 4.69) is 25.6 Å². The molecule has 152 valence electrons. The van der Waals surface area contributed by atoms with Gasteiger partial charge in [0.05, 0.1) is 16.9 Å². The van der Waals surface area contributed by atoms with Crippen LogP contribution >= 0.6 is 0 Å². The highest BCUT2D eigenvalue weighted by atomic mass is 19.1. The van der Waals surface area contributed by atoms with Crippen molar-refractivity contribution in [3.8, 4) is 11.4 Å². The Bertz CT molecular complexity index is 1220. The lowest BCUT2D eigenvalue weighted by molar-refractivity contribution is 0.101. The monoisotopic (exact) mass is 413 g/mol. The Hall–Kier alpha value is -4.46. The molecular formula is C23H16FN5O2. The van der Waals surface area contributed by atoms with E-state index in [1.807, 2.05) is 30.3 Å². The minimum Gasteiger partial charge on any atom is -0.320 e. The summed E-state index contributed by atoms with van der Waals surface area (Å²) in [6.45, 7) is 0. The molecule has 0 saturated heterocycles. The van der Waals surface area contributed by atoms with Crippen LogP contribution in [0, 0.1) is 5.82 Å². The van der Waals surface area contributed by atoms with E-state index in [0.717, 1.165) is 11.6 Å². The third kappa shape index (κ3) is 4.76. The van der Waals surface area contributed by atoms with Crippen LogP contribution in [0.5, 0.6) is 0 Å². The SMILES string of the molecule is O=C(Nc1cc(F)ccc1NC(=O)c1ccccn1)c1cnc(-c2ccccc2)nc1. The molecule has 0 bridgehead atoms. The molecule has 2 heterocycles. The standard InChI is InChI=1S/C23H16FN5O2/c24-17-9-10-18(28-23(31)19-8-4-5-11-25-19)20(12-17)29-22(30)16-13-26-21(27-14-16)15-6-2-1-3-7-15/h1-14H,(H,28,31)(H,29,30). The molecule has 0 unspecified atom stereocenters. The lowest BCUT2D eigenvalue weighted by Gasteiger charge is -2.12. The van der Waals surface area contributed by atoms with Gasteiger partial charge in [-0.25, -0.2) is 14.4 Å². The third-order valence-corrected chi connectivity index (χ3v) is 4.32. The normalized spacial score (nSPS) is 10.4. The van der Waals surface area contributed by atoms with Gasteiger partial charge >= 0.3 is 0 Å². The topological polar surface area (TPSA) is 96.9 Å². The number of aromatic nitrogens is 3. The number of nitrogens with zero attached hydrogens (tertiary/aromatic N) is 3. The van der Waals surface area contributed by atoms with Crippen molar-refractivity contribution in [1.82, 2.24) is 15.0 Å². The number of hydrogen-bond acceptors (Lipinski definition) is 5. The minimum absolute atomic E-state index is 0.0985. The van der Waals surface area contributed by atoms with E-state index in [1.165, 1.54) is 30.7 Å². The molecule has 0 aliphatic heterocycles. The highest BCUT2D eigenvalue weighted by Gasteiger charge is 2.15. The van der Waals surface area contributed by atoms with Gasteiger partial charge in [-0.1, -0.05) is 36.4 Å². The minimum atomic E-state index is -0.568. The van der Waals surface area contributed by atoms with Crippen LogP contribution in [0.3, 0.4) is 0 Å². The average molecular weight is 413 g/mol. The van der Waals surface area contributed by atoms with Gasteiger partial charge in [0.1, 0.15) is 11.5 Å². The number of pyridine rings is 1. The molecular weight excluding hydrogens is 397 g/mol. The van der Waals surface area contributed by atoms with Crippen LogP contribution in [0.2, 0.25) is 0 Å². The van der Waals surface area contributed by atoms with Crippen LogP contribution in [0.1, 0.15) is 20.8 Å². The van der Waals surface area contributed by atoms with Crippen LogP contribution < -0.4 is 10.6 Å². The predicted molar refractivity (Wildman–Crippen MR) is 114 cm³/mol. The van der Waals surface area contributed by atoms with E-state index in [-0.39, 0.29) is 22.6 Å². The molecule has 7 nitrogen and oxygen atoms in total. The van der Waals surface area contributed by atoms with E-state index in [0.29, 0.717) is 5.82 Å². The van der Waals surface area contributed by atoms with Gasteiger partial charge in [0.15, 0.2) is 5.82 Å². The fourth-order valence-corrected chi connectivity index (χ4v) is 2.79. The first-order chi connectivity index (χ1) is 15.1. The van der Waals surface area contributed by atoms with Crippen molar-refractivity contribution < 1.29 is 14.0 Å². The molecule has 0 saturated carbocycles. The Labute approximate surface area is 177 Å². The maximum atomic E-state index is 13.8. The van der Waals surface area contributed by atoms with Crippen LogP contribution in [0.15, 0.2) is 85.3 Å². The second-order valence-corrected chi connectivity index (χ2v) is 6.47. The first-order valence-corrected chi connectivity index (χ1v) is 9.31. The van der Waals surface area contributed by atoms with E-state index in [1.54, 1.807) is 18.2 Å². The van der Waals surface area contributed by atoms with Gasteiger partial charge in [-0.15, -0.1) is 0 Å². The molecule has 31 heavy (non-hydrogen) atoms. The predicted octanol–water partition coefficient (Wildman–Crippen LogP) is 4.18. The number of amides is 2. The van der Waals surface area contributed by atoms with Crippen molar-refractivity contribution in [3.05, 3.63) is 102 Å². The molecule has 8 heteroatoms. The fourth-order valence-electron chi connectivity index (χ4n) is 2.79. The number of carbonyl (C=O) groups excluding carboxylic acids is 2. The number of nitrogens with one attached hydrogen (secondary N) is 2. The van der Waals surface area contributed by atoms with Gasteiger partial charge in [0.2, 0.25) is 0 Å². The zero-order chi connectivity index (χ0) is 21.6.